The van der Waals surface area contributed by atoms with E-state index in [4.69, 9.17) is 33.2 Å². The van der Waals surface area contributed by atoms with Gasteiger partial charge >= 0.3 is 12.1 Å². The van der Waals surface area contributed by atoms with E-state index in [1.165, 1.54) is 14.2 Å². The van der Waals surface area contributed by atoms with Crippen molar-refractivity contribution in [2.45, 2.75) is 31.6 Å². The molecule has 0 aromatic heterocycles. The van der Waals surface area contributed by atoms with Crippen molar-refractivity contribution in [2.24, 2.45) is 5.92 Å². The number of nitrogens with one attached hydrogen (secondary N) is 1. The molecule has 0 bridgehead atoms. The number of hydrogen-bond acceptors (Lipinski definition) is 10. The van der Waals surface area contributed by atoms with Crippen LogP contribution in [0.2, 0.25) is 0 Å². The lowest BCUT2D eigenvalue weighted by Crippen LogP contribution is -2.51. The Bertz CT molecular complexity index is 1600. The van der Waals surface area contributed by atoms with Gasteiger partial charge in [0, 0.05) is 29.8 Å². The zero-order valence-electron chi connectivity index (χ0n) is 24.8. The molecule has 4 aliphatic heterocycles. The second-order valence-corrected chi connectivity index (χ2v) is 11.3. The standard InChI is InChI=1S/C33H34N2O9/c1-38-23-10-9-21-25(29(23)39-2)32(36)44-27(21)26-24-20(11-12-34-26)22(28-31(30(24)40-3)43-17-42-28)13-19-14-35(15-19)33(37)41-16-18-7-5-4-6-8-18/h4-10,19,26-27,34H,11-17H2,1-3H3/t26-,27+/m1/s1. The van der Waals surface area contributed by atoms with Gasteiger partial charge in [0.1, 0.15) is 18.3 Å². The fraction of sp³-hybridized carbons (Fsp3) is 0.394. The van der Waals surface area contributed by atoms with Crippen LogP contribution in [0.4, 0.5) is 4.79 Å². The van der Waals surface area contributed by atoms with Gasteiger partial charge in [-0.2, -0.15) is 0 Å². The maximum absolute atomic E-state index is 13.2. The van der Waals surface area contributed by atoms with Crippen molar-refractivity contribution in [2.75, 3.05) is 47.8 Å². The molecule has 0 aliphatic carbocycles. The molecule has 0 saturated carbocycles. The molecule has 2 atom stereocenters. The Balaban J connectivity index is 1.17. The maximum Gasteiger partial charge on any atom is 0.410 e. The van der Waals surface area contributed by atoms with Gasteiger partial charge in [-0.3, -0.25) is 0 Å². The first-order valence-corrected chi connectivity index (χ1v) is 14.7. The molecule has 4 heterocycles. The number of cyclic esters (lactones) is 1. The minimum Gasteiger partial charge on any atom is -0.493 e. The molecule has 0 unspecified atom stereocenters. The Labute approximate surface area is 254 Å². The zero-order chi connectivity index (χ0) is 30.4. The fourth-order valence-electron chi connectivity index (χ4n) is 6.80. The van der Waals surface area contributed by atoms with Gasteiger partial charge in [0.15, 0.2) is 23.0 Å². The fourth-order valence-corrected chi connectivity index (χ4v) is 6.80. The number of fused-ring (bicyclic) bond motifs is 3. The van der Waals surface area contributed by atoms with Crippen molar-refractivity contribution in [3.05, 3.63) is 75.8 Å². The molecule has 11 nitrogen and oxygen atoms in total. The van der Waals surface area contributed by atoms with Gasteiger partial charge in [0.25, 0.3) is 0 Å². The highest BCUT2D eigenvalue weighted by Gasteiger charge is 2.46. The highest BCUT2D eigenvalue weighted by molar-refractivity contribution is 5.98. The molecule has 11 heteroatoms. The van der Waals surface area contributed by atoms with Gasteiger partial charge in [-0.25, -0.2) is 9.59 Å². The number of nitrogens with zero attached hydrogens (tertiary/aromatic N) is 1. The summed E-state index contributed by atoms with van der Waals surface area (Å²) in [5.41, 5.74) is 5.04. The lowest BCUT2D eigenvalue weighted by Gasteiger charge is -2.40. The van der Waals surface area contributed by atoms with E-state index in [2.05, 4.69) is 5.32 Å². The number of carbonyl (C=O) groups excluding carboxylic acids is 2. The van der Waals surface area contributed by atoms with Gasteiger partial charge in [0.2, 0.25) is 12.5 Å². The quantitative estimate of drug-likeness (QED) is 0.374. The molecule has 7 rings (SSSR count). The molecular formula is C33H34N2O9. The van der Waals surface area contributed by atoms with Gasteiger partial charge < -0.3 is 43.4 Å². The van der Waals surface area contributed by atoms with E-state index < -0.39 is 18.1 Å². The van der Waals surface area contributed by atoms with E-state index in [0.717, 1.165) is 28.7 Å². The summed E-state index contributed by atoms with van der Waals surface area (Å²) in [5.74, 6) is 2.36. The number of likely N-dealkylation sites (tertiary alicyclic amines) is 1. The number of ether oxygens (including phenoxy) is 7. The van der Waals surface area contributed by atoms with Crippen LogP contribution in [0.5, 0.6) is 28.7 Å². The first-order chi connectivity index (χ1) is 21.5. The van der Waals surface area contributed by atoms with Crippen molar-refractivity contribution >= 4 is 12.1 Å². The second kappa shape index (κ2) is 11.5. The molecule has 3 aromatic carbocycles. The highest BCUT2D eigenvalue weighted by atomic mass is 16.7. The van der Waals surface area contributed by atoms with Crippen LogP contribution in [0, 0.1) is 5.92 Å². The van der Waals surface area contributed by atoms with Gasteiger partial charge in [-0.05, 0) is 42.5 Å². The summed E-state index contributed by atoms with van der Waals surface area (Å²) >= 11 is 0. The summed E-state index contributed by atoms with van der Waals surface area (Å²) in [7, 11) is 4.65. The Hall–Kier alpha value is -4.64. The third-order valence-electron chi connectivity index (χ3n) is 8.82. The number of esters is 1. The minimum atomic E-state index is -0.628. The first-order valence-electron chi connectivity index (χ1n) is 14.7. The topological polar surface area (TPSA) is 114 Å². The van der Waals surface area contributed by atoms with Crippen molar-refractivity contribution in [3.63, 3.8) is 0 Å². The molecular weight excluding hydrogens is 568 g/mol. The number of hydrogen-bond donors (Lipinski definition) is 1. The number of carbonyl (C=O) groups is 2. The molecule has 3 aromatic rings. The van der Waals surface area contributed by atoms with Crippen LogP contribution in [-0.4, -0.2) is 64.7 Å². The Morgan fingerprint density at radius 3 is 2.50 bits per heavy atom. The first kappa shape index (κ1) is 28.1. The number of benzene rings is 3. The lowest BCUT2D eigenvalue weighted by molar-refractivity contribution is 0.0281. The van der Waals surface area contributed by atoms with Crippen LogP contribution >= 0.6 is 0 Å². The number of rotatable bonds is 8. The van der Waals surface area contributed by atoms with Crippen molar-refractivity contribution < 1.29 is 42.7 Å². The van der Waals surface area contributed by atoms with E-state index in [1.807, 2.05) is 36.4 Å². The molecule has 230 valence electrons. The molecule has 0 spiro atoms. The van der Waals surface area contributed by atoms with Crippen LogP contribution in [-0.2, 0) is 28.9 Å². The largest absolute Gasteiger partial charge is 0.493 e. The molecule has 1 amide bonds. The van der Waals surface area contributed by atoms with Crippen molar-refractivity contribution in [1.29, 1.82) is 0 Å². The van der Waals surface area contributed by atoms with E-state index in [-0.39, 0.29) is 25.4 Å². The second-order valence-electron chi connectivity index (χ2n) is 11.3. The molecule has 0 radical (unpaired) electrons. The molecule has 1 saturated heterocycles. The highest BCUT2D eigenvalue weighted by Crippen LogP contribution is 2.55. The monoisotopic (exact) mass is 602 g/mol. The molecule has 4 aliphatic rings. The van der Waals surface area contributed by atoms with Crippen LogP contribution < -0.4 is 29.0 Å². The van der Waals surface area contributed by atoms with Gasteiger partial charge in [0.05, 0.1) is 27.4 Å². The number of amides is 1. The number of methoxy groups -OCH3 is 3. The third-order valence-corrected chi connectivity index (χ3v) is 8.82. The molecule has 44 heavy (non-hydrogen) atoms. The average Bonchev–Trinajstić information content (AvgIpc) is 3.65. The smallest absolute Gasteiger partial charge is 0.410 e. The predicted molar refractivity (Wildman–Crippen MR) is 157 cm³/mol. The van der Waals surface area contributed by atoms with E-state index in [1.54, 1.807) is 18.1 Å². The maximum atomic E-state index is 13.2. The summed E-state index contributed by atoms with van der Waals surface area (Å²) in [6.07, 6.45) is 0.476. The Kier molecular flexibility index (Phi) is 7.33. The Morgan fingerprint density at radius 2 is 1.75 bits per heavy atom. The summed E-state index contributed by atoms with van der Waals surface area (Å²) in [4.78, 5) is 27.6. The molecule has 1 fully saturated rings. The predicted octanol–water partition coefficient (Wildman–Crippen LogP) is 4.35. The summed E-state index contributed by atoms with van der Waals surface area (Å²) < 4.78 is 40.5. The summed E-state index contributed by atoms with van der Waals surface area (Å²) in [6.45, 7) is 2.16. The van der Waals surface area contributed by atoms with E-state index in [0.29, 0.717) is 65.9 Å². The minimum absolute atomic E-state index is 0.0839. The lowest BCUT2D eigenvalue weighted by atomic mass is 9.81. The normalized spacial score (nSPS) is 19.9. The molecule has 1 N–H and O–H groups in total. The van der Waals surface area contributed by atoms with Crippen LogP contribution in [0.15, 0.2) is 42.5 Å². The van der Waals surface area contributed by atoms with E-state index >= 15 is 0 Å². The van der Waals surface area contributed by atoms with Crippen molar-refractivity contribution in [3.8, 4) is 28.7 Å². The van der Waals surface area contributed by atoms with Crippen LogP contribution in [0.3, 0.4) is 0 Å². The van der Waals surface area contributed by atoms with Gasteiger partial charge in [-0.1, -0.05) is 36.4 Å². The van der Waals surface area contributed by atoms with Crippen LogP contribution in [0.25, 0.3) is 0 Å². The zero-order valence-corrected chi connectivity index (χ0v) is 24.8. The van der Waals surface area contributed by atoms with E-state index in [9.17, 15) is 9.59 Å². The SMILES string of the molecule is COc1ccc2c(c1OC)C(=O)O[C@@H]2[C@@H]1NCCc2c(CC3CN(C(=O)OCc4ccccc4)C3)c3c(c(OC)c21)OCO3. The van der Waals surface area contributed by atoms with Gasteiger partial charge in [-0.15, -0.1) is 0 Å². The average molecular weight is 603 g/mol. The Morgan fingerprint density at radius 1 is 0.977 bits per heavy atom. The summed E-state index contributed by atoms with van der Waals surface area (Å²) in [5, 5.41) is 3.57. The van der Waals surface area contributed by atoms with Crippen LogP contribution in [0.1, 0.15) is 50.3 Å². The summed E-state index contributed by atoms with van der Waals surface area (Å²) in [6, 6.07) is 12.9. The third kappa shape index (κ3) is 4.62. The van der Waals surface area contributed by atoms with Crippen molar-refractivity contribution in [1.82, 2.24) is 10.2 Å².